The third kappa shape index (κ3) is 2.71. The molecule has 0 radical (unpaired) electrons. The summed E-state index contributed by atoms with van der Waals surface area (Å²) in [4.78, 5) is 15.4. The number of rotatable bonds is 3. The van der Waals surface area contributed by atoms with Crippen LogP contribution in [0.25, 0.3) is 11.4 Å². The van der Waals surface area contributed by atoms with E-state index >= 15 is 0 Å². The van der Waals surface area contributed by atoms with Gasteiger partial charge in [-0.3, -0.25) is 9.89 Å². The molecule has 0 aliphatic rings. The van der Waals surface area contributed by atoms with Crippen molar-refractivity contribution in [2.24, 2.45) is 0 Å². The largest absolute Gasteiger partial charge is 0.325 e. The van der Waals surface area contributed by atoms with Crippen molar-refractivity contribution < 1.29 is 4.79 Å². The zero-order valence-corrected chi connectivity index (χ0v) is 9.77. The Morgan fingerprint density at radius 2 is 2.17 bits per heavy atom. The molecule has 6 nitrogen and oxygen atoms in total. The summed E-state index contributed by atoms with van der Waals surface area (Å²) in [7, 11) is 0. The van der Waals surface area contributed by atoms with Crippen LogP contribution < -0.4 is 5.32 Å². The molecule has 2 aromatic rings. The van der Waals surface area contributed by atoms with Crippen molar-refractivity contribution in [3.05, 3.63) is 30.1 Å². The molecule has 0 spiro atoms. The van der Waals surface area contributed by atoms with Gasteiger partial charge in [-0.15, -0.1) is 0 Å². The normalized spacial score (nSPS) is 9.78. The number of aryl methyl sites for hydroxylation is 1. The first-order valence-electron chi connectivity index (χ1n) is 5.35. The first-order valence-corrected chi connectivity index (χ1v) is 5.35. The molecular formula is C12H11N5O. The molecule has 6 heteroatoms. The van der Waals surface area contributed by atoms with Crippen LogP contribution in [0.1, 0.15) is 12.2 Å². The molecule has 0 aliphatic carbocycles. The number of nitrogens with one attached hydrogen (secondary N) is 2. The van der Waals surface area contributed by atoms with E-state index in [0.717, 1.165) is 11.4 Å². The fraction of sp³-hybridized carbons (Fsp3) is 0.167. The van der Waals surface area contributed by atoms with Crippen molar-refractivity contribution in [1.82, 2.24) is 15.2 Å². The summed E-state index contributed by atoms with van der Waals surface area (Å²) in [6.07, 6.45) is -0.151. The van der Waals surface area contributed by atoms with Crippen molar-refractivity contribution in [2.45, 2.75) is 13.3 Å². The van der Waals surface area contributed by atoms with Gasteiger partial charge >= 0.3 is 0 Å². The maximum Gasteiger partial charge on any atom is 0.238 e. The highest BCUT2D eigenvalue weighted by Crippen LogP contribution is 2.17. The van der Waals surface area contributed by atoms with E-state index in [4.69, 9.17) is 5.26 Å². The summed E-state index contributed by atoms with van der Waals surface area (Å²) < 4.78 is 0. The van der Waals surface area contributed by atoms with Gasteiger partial charge in [-0.05, 0) is 31.2 Å². The minimum atomic E-state index is -0.320. The van der Waals surface area contributed by atoms with Gasteiger partial charge < -0.3 is 5.32 Å². The number of hydrogen-bond donors (Lipinski definition) is 2. The van der Waals surface area contributed by atoms with E-state index < -0.39 is 0 Å². The Morgan fingerprint density at radius 1 is 1.44 bits per heavy atom. The van der Waals surface area contributed by atoms with Crippen molar-refractivity contribution in [3.63, 3.8) is 0 Å². The smallest absolute Gasteiger partial charge is 0.238 e. The number of benzene rings is 1. The second kappa shape index (κ2) is 5.10. The predicted octanol–water partition coefficient (Wildman–Crippen LogP) is 1.63. The van der Waals surface area contributed by atoms with Crippen molar-refractivity contribution in [3.8, 4) is 17.5 Å². The van der Waals surface area contributed by atoms with E-state index in [1.807, 2.05) is 19.1 Å². The predicted molar refractivity (Wildman–Crippen MR) is 65.4 cm³/mol. The minimum absolute atomic E-state index is 0.151. The van der Waals surface area contributed by atoms with E-state index in [1.54, 1.807) is 18.2 Å². The van der Waals surface area contributed by atoms with Gasteiger partial charge in [0.15, 0.2) is 5.82 Å². The summed E-state index contributed by atoms with van der Waals surface area (Å²) in [6.45, 7) is 1.83. The summed E-state index contributed by atoms with van der Waals surface area (Å²) in [6, 6.07) is 8.90. The zero-order chi connectivity index (χ0) is 13.0. The van der Waals surface area contributed by atoms with Gasteiger partial charge in [0.25, 0.3) is 0 Å². The molecule has 0 bridgehead atoms. The Morgan fingerprint density at radius 3 is 2.72 bits per heavy atom. The van der Waals surface area contributed by atoms with E-state index in [-0.39, 0.29) is 12.3 Å². The lowest BCUT2D eigenvalue weighted by Crippen LogP contribution is -2.09. The number of H-pyrrole nitrogens is 1. The molecule has 2 rings (SSSR count). The molecule has 1 aromatic carbocycles. The fourth-order valence-electron chi connectivity index (χ4n) is 1.45. The van der Waals surface area contributed by atoms with Crippen molar-refractivity contribution in [1.29, 1.82) is 5.26 Å². The average molecular weight is 241 g/mol. The van der Waals surface area contributed by atoms with Gasteiger partial charge in [-0.1, -0.05) is 0 Å². The Hall–Kier alpha value is -2.68. The molecule has 0 saturated carbocycles. The number of hydrogen-bond acceptors (Lipinski definition) is 4. The maximum absolute atomic E-state index is 11.2. The van der Waals surface area contributed by atoms with E-state index in [0.29, 0.717) is 11.5 Å². The lowest BCUT2D eigenvalue weighted by molar-refractivity contribution is -0.115. The van der Waals surface area contributed by atoms with Gasteiger partial charge in [0.1, 0.15) is 12.2 Å². The van der Waals surface area contributed by atoms with Crippen LogP contribution in [0.15, 0.2) is 24.3 Å². The third-order valence-corrected chi connectivity index (χ3v) is 2.26. The monoisotopic (exact) mass is 241 g/mol. The second-order valence-electron chi connectivity index (χ2n) is 3.70. The SMILES string of the molecule is Cc1nc(-c2ccc(NC(=O)CC#N)cc2)n[nH]1. The molecule has 90 valence electrons. The molecule has 2 N–H and O–H groups in total. The molecule has 0 fully saturated rings. The summed E-state index contributed by atoms with van der Waals surface area (Å²) >= 11 is 0. The van der Waals surface area contributed by atoms with Gasteiger partial charge in [0.2, 0.25) is 5.91 Å². The number of amides is 1. The molecule has 0 aliphatic heterocycles. The van der Waals surface area contributed by atoms with Crippen molar-refractivity contribution >= 4 is 11.6 Å². The fourth-order valence-corrected chi connectivity index (χ4v) is 1.45. The summed E-state index contributed by atoms with van der Waals surface area (Å²) in [5, 5.41) is 17.8. The summed E-state index contributed by atoms with van der Waals surface area (Å²) in [5.74, 6) is 1.04. The molecule has 1 amide bonds. The van der Waals surface area contributed by atoms with Gasteiger partial charge in [0, 0.05) is 11.3 Å². The average Bonchev–Trinajstić information content (AvgIpc) is 2.77. The number of aromatic amines is 1. The Balaban J connectivity index is 2.11. The van der Waals surface area contributed by atoms with Gasteiger partial charge in [-0.2, -0.15) is 10.4 Å². The molecule has 0 saturated heterocycles. The van der Waals surface area contributed by atoms with Gasteiger partial charge in [-0.25, -0.2) is 4.98 Å². The number of carbonyl (C=O) groups is 1. The van der Waals surface area contributed by atoms with Crippen LogP contribution in [0, 0.1) is 18.3 Å². The first kappa shape index (κ1) is 11.8. The van der Waals surface area contributed by atoms with Crippen LogP contribution in [0.3, 0.4) is 0 Å². The second-order valence-corrected chi connectivity index (χ2v) is 3.70. The standard InChI is InChI=1S/C12H11N5O/c1-8-14-12(17-16-8)9-2-4-10(5-3-9)15-11(18)6-7-13/h2-5H,6H2,1H3,(H,15,18)(H,14,16,17). The van der Waals surface area contributed by atoms with Crippen LogP contribution in [0.4, 0.5) is 5.69 Å². The summed E-state index contributed by atoms with van der Waals surface area (Å²) in [5.41, 5.74) is 1.50. The number of aromatic nitrogens is 3. The quantitative estimate of drug-likeness (QED) is 0.853. The first-order chi connectivity index (χ1) is 8.69. The highest BCUT2D eigenvalue weighted by Gasteiger charge is 2.05. The van der Waals surface area contributed by atoms with E-state index in [9.17, 15) is 4.79 Å². The lowest BCUT2D eigenvalue weighted by atomic mass is 10.2. The maximum atomic E-state index is 11.2. The lowest BCUT2D eigenvalue weighted by Gasteiger charge is -2.02. The Labute approximate surface area is 104 Å². The third-order valence-electron chi connectivity index (χ3n) is 2.26. The number of nitrogens with zero attached hydrogens (tertiary/aromatic N) is 3. The molecule has 18 heavy (non-hydrogen) atoms. The van der Waals surface area contributed by atoms with Crippen LogP contribution >= 0.6 is 0 Å². The van der Waals surface area contributed by atoms with Crippen LogP contribution in [0.2, 0.25) is 0 Å². The number of nitriles is 1. The topological polar surface area (TPSA) is 94.5 Å². The molecule has 0 atom stereocenters. The molecule has 0 unspecified atom stereocenters. The van der Waals surface area contributed by atoms with E-state index in [2.05, 4.69) is 20.5 Å². The van der Waals surface area contributed by atoms with E-state index in [1.165, 1.54) is 0 Å². The highest BCUT2D eigenvalue weighted by atomic mass is 16.1. The molecule has 1 heterocycles. The van der Waals surface area contributed by atoms with Crippen LogP contribution in [-0.2, 0) is 4.79 Å². The highest BCUT2D eigenvalue weighted by molar-refractivity contribution is 5.92. The van der Waals surface area contributed by atoms with Crippen LogP contribution in [-0.4, -0.2) is 21.1 Å². The van der Waals surface area contributed by atoms with Crippen LogP contribution in [0.5, 0.6) is 0 Å². The van der Waals surface area contributed by atoms with Crippen molar-refractivity contribution in [2.75, 3.05) is 5.32 Å². The van der Waals surface area contributed by atoms with Gasteiger partial charge in [0.05, 0.1) is 6.07 Å². The number of anilines is 1. The minimum Gasteiger partial charge on any atom is -0.325 e. The Bertz CT molecular complexity index is 594. The molecular weight excluding hydrogens is 230 g/mol. The molecule has 1 aromatic heterocycles. The number of carbonyl (C=O) groups excluding carboxylic acids is 1. The zero-order valence-electron chi connectivity index (χ0n) is 9.77. The Kier molecular flexibility index (Phi) is 3.34.